The number of hydrogen-bond acceptors (Lipinski definition) is 3. The Kier molecular flexibility index (Phi) is 3.26. The largest absolute Gasteiger partial charge is 0.378 e. The van der Waals surface area contributed by atoms with Crippen LogP contribution in [-0.2, 0) is 9.53 Å². The fourth-order valence-corrected chi connectivity index (χ4v) is 2.00. The molecule has 86 valence electrons. The molecule has 1 heterocycles. The van der Waals surface area contributed by atoms with E-state index >= 15 is 0 Å². The van der Waals surface area contributed by atoms with Crippen LogP contribution >= 0.6 is 0 Å². The zero-order valence-corrected chi connectivity index (χ0v) is 9.13. The van der Waals surface area contributed by atoms with E-state index in [2.05, 4.69) is 5.32 Å². The van der Waals surface area contributed by atoms with Crippen LogP contribution in [0.5, 0.6) is 0 Å². The first-order valence-corrected chi connectivity index (χ1v) is 5.82. The van der Waals surface area contributed by atoms with Crippen molar-refractivity contribution in [2.75, 3.05) is 19.7 Å². The molecule has 1 aliphatic heterocycles. The smallest absolute Gasteiger partial charge is 0.222 e. The molecule has 0 bridgehead atoms. The Labute approximate surface area is 90.5 Å². The Morgan fingerprint density at radius 3 is 2.87 bits per heavy atom. The SMILES string of the molecule is NCC1(CNC(=O)CC2CCCO2)CC1. The Morgan fingerprint density at radius 2 is 2.33 bits per heavy atom. The number of hydrogen-bond donors (Lipinski definition) is 2. The van der Waals surface area contributed by atoms with E-state index in [0.29, 0.717) is 13.0 Å². The molecule has 1 aliphatic carbocycles. The number of carbonyl (C=O) groups excluding carboxylic acids is 1. The third-order valence-corrected chi connectivity index (χ3v) is 3.49. The molecule has 2 rings (SSSR count). The highest BCUT2D eigenvalue weighted by Crippen LogP contribution is 2.43. The summed E-state index contributed by atoms with van der Waals surface area (Å²) in [4.78, 5) is 11.6. The molecule has 0 aromatic carbocycles. The number of nitrogens with one attached hydrogen (secondary N) is 1. The summed E-state index contributed by atoms with van der Waals surface area (Å²) in [5, 5.41) is 2.96. The molecule has 1 unspecified atom stereocenters. The van der Waals surface area contributed by atoms with E-state index in [0.717, 1.165) is 38.8 Å². The first kappa shape index (κ1) is 10.9. The van der Waals surface area contributed by atoms with Crippen molar-refractivity contribution in [3.63, 3.8) is 0 Å². The van der Waals surface area contributed by atoms with Gasteiger partial charge in [-0.2, -0.15) is 0 Å². The van der Waals surface area contributed by atoms with Crippen molar-refractivity contribution in [3.05, 3.63) is 0 Å². The zero-order chi connectivity index (χ0) is 10.7. The lowest BCUT2D eigenvalue weighted by Gasteiger charge is -2.14. The van der Waals surface area contributed by atoms with Crippen LogP contribution in [0.2, 0.25) is 0 Å². The monoisotopic (exact) mass is 212 g/mol. The molecule has 2 fully saturated rings. The Bertz CT molecular complexity index is 233. The highest BCUT2D eigenvalue weighted by Gasteiger charge is 2.41. The second kappa shape index (κ2) is 4.49. The highest BCUT2D eigenvalue weighted by atomic mass is 16.5. The van der Waals surface area contributed by atoms with Gasteiger partial charge in [-0.25, -0.2) is 0 Å². The van der Waals surface area contributed by atoms with E-state index in [1.54, 1.807) is 0 Å². The molecule has 15 heavy (non-hydrogen) atoms. The van der Waals surface area contributed by atoms with Crippen LogP contribution in [0.25, 0.3) is 0 Å². The lowest BCUT2D eigenvalue weighted by molar-refractivity contribution is -0.123. The quantitative estimate of drug-likeness (QED) is 0.694. The Morgan fingerprint density at radius 1 is 1.53 bits per heavy atom. The third-order valence-electron chi connectivity index (χ3n) is 3.49. The third kappa shape index (κ3) is 2.92. The van der Waals surface area contributed by atoms with Crippen LogP contribution < -0.4 is 11.1 Å². The molecule has 1 amide bonds. The van der Waals surface area contributed by atoms with Crippen LogP contribution in [-0.4, -0.2) is 31.7 Å². The zero-order valence-electron chi connectivity index (χ0n) is 9.13. The summed E-state index contributed by atoms with van der Waals surface area (Å²) < 4.78 is 5.41. The summed E-state index contributed by atoms with van der Waals surface area (Å²) >= 11 is 0. The summed E-state index contributed by atoms with van der Waals surface area (Å²) in [6.07, 6.45) is 5.09. The van der Waals surface area contributed by atoms with Crippen molar-refractivity contribution in [2.45, 2.75) is 38.2 Å². The van der Waals surface area contributed by atoms with Gasteiger partial charge in [0.1, 0.15) is 0 Å². The van der Waals surface area contributed by atoms with Gasteiger partial charge in [0.2, 0.25) is 5.91 Å². The van der Waals surface area contributed by atoms with Crippen LogP contribution in [0.3, 0.4) is 0 Å². The topological polar surface area (TPSA) is 64.3 Å². The van der Waals surface area contributed by atoms with E-state index < -0.39 is 0 Å². The Hall–Kier alpha value is -0.610. The van der Waals surface area contributed by atoms with Crippen LogP contribution in [0.1, 0.15) is 32.1 Å². The fraction of sp³-hybridized carbons (Fsp3) is 0.909. The van der Waals surface area contributed by atoms with E-state index in [9.17, 15) is 4.79 Å². The molecule has 1 saturated carbocycles. The predicted molar refractivity (Wildman–Crippen MR) is 57.3 cm³/mol. The molecule has 2 aliphatic rings. The molecule has 1 atom stereocenters. The average Bonchev–Trinajstić information content (AvgIpc) is 2.86. The van der Waals surface area contributed by atoms with E-state index in [-0.39, 0.29) is 17.4 Å². The summed E-state index contributed by atoms with van der Waals surface area (Å²) in [6.45, 7) is 2.24. The van der Waals surface area contributed by atoms with Crippen LogP contribution in [0.4, 0.5) is 0 Å². The van der Waals surface area contributed by atoms with E-state index in [1.165, 1.54) is 0 Å². The molecular weight excluding hydrogens is 192 g/mol. The summed E-state index contributed by atoms with van der Waals surface area (Å²) in [6, 6.07) is 0. The van der Waals surface area contributed by atoms with E-state index in [1.807, 2.05) is 0 Å². The van der Waals surface area contributed by atoms with Crippen molar-refractivity contribution >= 4 is 5.91 Å². The first-order valence-electron chi connectivity index (χ1n) is 5.82. The number of rotatable bonds is 5. The maximum atomic E-state index is 11.6. The minimum atomic E-state index is 0.113. The average molecular weight is 212 g/mol. The van der Waals surface area contributed by atoms with Gasteiger partial charge in [0.15, 0.2) is 0 Å². The van der Waals surface area contributed by atoms with Crippen LogP contribution in [0.15, 0.2) is 0 Å². The van der Waals surface area contributed by atoms with Gasteiger partial charge < -0.3 is 15.8 Å². The van der Waals surface area contributed by atoms with Gasteiger partial charge in [-0.1, -0.05) is 0 Å². The first-order chi connectivity index (χ1) is 7.24. The minimum absolute atomic E-state index is 0.113. The summed E-state index contributed by atoms with van der Waals surface area (Å²) in [5.41, 5.74) is 5.87. The standard InChI is InChI=1S/C11H20N2O2/c12-7-11(3-4-11)8-13-10(14)6-9-2-1-5-15-9/h9H,1-8,12H2,(H,13,14). The maximum absolute atomic E-state index is 11.6. The number of amides is 1. The lowest BCUT2D eigenvalue weighted by Crippen LogP contribution is -2.35. The van der Waals surface area contributed by atoms with Crippen LogP contribution in [0, 0.1) is 5.41 Å². The van der Waals surface area contributed by atoms with Crippen molar-refractivity contribution in [1.82, 2.24) is 5.32 Å². The molecule has 0 aromatic heterocycles. The van der Waals surface area contributed by atoms with Gasteiger partial charge in [-0.15, -0.1) is 0 Å². The van der Waals surface area contributed by atoms with Gasteiger partial charge in [-0.3, -0.25) is 4.79 Å². The highest BCUT2D eigenvalue weighted by molar-refractivity contribution is 5.76. The summed E-state index contributed by atoms with van der Waals surface area (Å²) in [5.74, 6) is 0.113. The second-order valence-corrected chi connectivity index (χ2v) is 4.82. The van der Waals surface area contributed by atoms with Gasteiger partial charge >= 0.3 is 0 Å². The second-order valence-electron chi connectivity index (χ2n) is 4.82. The molecule has 4 nitrogen and oxygen atoms in total. The molecule has 4 heteroatoms. The van der Waals surface area contributed by atoms with Gasteiger partial charge in [0, 0.05) is 13.2 Å². The maximum Gasteiger partial charge on any atom is 0.222 e. The van der Waals surface area contributed by atoms with Gasteiger partial charge in [-0.05, 0) is 37.6 Å². The minimum Gasteiger partial charge on any atom is -0.378 e. The predicted octanol–water partition coefficient (Wildman–Crippen LogP) is 0.411. The lowest BCUT2D eigenvalue weighted by atomic mass is 10.1. The van der Waals surface area contributed by atoms with Crippen molar-refractivity contribution in [3.8, 4) is 0 Å². The van der Waals surface area contributed by atoms with Crippen molar-refractivity contribution in [2.24, 2.45) is 11.1 Å². The fourth-order valence-electron chi connectivity index (χ4n) is 2.00. The Balaban J connectivity index is 1.64. The van der Waals surface area contributed by atoms with Gasteiger partial charge in [0.05, 0.1) is 12.5 Å². The van der Waals surface area contributed by atoms with Crippen molar-refractivity contribution in [1.29, 1.82) is 0 Å². The molecule has 0 radical (unpaired) electrons. The molecule has 1 saturated heterocycles. The number of carbonyl (C=O) groups is 1. The van der Waals surface area contributed by atoms with E-state index in [4.69, 9.17) is 10.5 Å². The summed E-state index contributed by atoms with van der Waals surface area (Å²) in [7, 11) is 0. The van der Waals surface area contributed by atoms with Crippen molar-refractivity contribution < 1.29 is 9.53 Å². The molecular formula is C11H20N2O2. The van der Waals surface area contributed by atoms with Gasteiger partial charge in [0.25, 0.3) is 0 Å². The number of ether oxygens (including phenoxy) is 1. The number of nitrogens with two attached hydrogens (primary N) is 1. The molecule has 0 spiro atoms. The normalized spacial score (nSPS) is 27.7. The molecule has 3 N–H and O–H groups in total. The molecule has 0 aromatic rings.